The van der Waals surface area contributed by atoms with Crippen molar-refractivity contribution >= 4 is 46.3 Å². The quantitative estimate of drug-likeness (QED) is 0.653. The Labute approximate surface area is 153 Å². The highest BCUT2D eigenvalue weighted by atomic mass is 35.5. The van der Waals surface area contributed by atoms with Crippen molar-refractivity contribution in [1.29, 1.82) is 0 Å². The Hall–Kier alpha value is -1.82. The summed E-state index contributed by atoms with van der Waals surface area (Å²) in [5, 5.41) is 4.71. The Kier molecular flexibility index (Phi) is 4.08. The van der Waals surface area contributed by atoms with Crippen molar-refractivity contribution in [2.24, 2.45) is 0 Å². The minimum absolute atomic E-state index is 0.0984. The number of fused-ring (bicyclic) bond motifs is 2. The monoisotopic (exact) mass is 372 g/mol. The number of halogens is 1. The summed E-state index contributed by atoms with van der Waals surface area (Å²) in [5.74, 6) is -0.0984. The van der Waals surface area contributed by atoms with Crippen LogP contribution in [0.3, 0.4) is 0 Å². The number of hydrogen-bond donors (Lipinski definition) is 1. The molecule has 1 amide bonds. The minimum Gasteiger partial charge on any atom is -0.321 e. The van der Waals surface area contributed by atoms with Crippen LogP contribution in [0.15, 0.2) is 52.4 Å². The molecule has 0 fully saturated rings. The number of aromatic nitrogens is 1. The number of nitrogens with zero attached hydrogens (tertiary/aromatic N) is 1. The highest BCUT2D eigenvalue weighted by Crippen LogP contribution is 2.40. The molecule has 3 nitrogen and oxygen atoms in total. The molecule has 0 radical (unpaired) electrons. The van der Waals surface area contributed by atoms with E-state index in [0.29, 0.717) is 10.6 Å². The van der Waals surface area contributed by atoms with Crippen molar-refractivity contribution in [1.82, 2.24) is 4.98 Å². The van der Waals surface area contributed by atoms with Gasteiger partial charge in [0.15, 0.2) is 0 Å². The highest BCUT2D eigenvalue weighted by molar-refractivity contribution is 7.99. The molecule has 0 atom stereocenters. The summed E-state index contributed by atoms with van der Waals surface area (Å²) in [5.41, 5.74) is 2.65. The molecule has 2 aromatic carbocycles. The standard InChI is InChI=1S/C18H13ClN2OS2/c1-10-20-9-13(23-10)6-11-2-5-16-15(7-11)21-18(22)14-4-3-12(19)8-17(14)24-16/h2-5,7-9H,6H2,1H3,(H,21,22). The molecule has 1 aliphatic heterocycles. The van der Waals surface area contributed by atoms with E-state index in [2.05, 4.69) is 22.4 Å². The number of anilines is 1. The van der Waals surface area contributed by atoms with E-state index in [1.807, 2.05) is 25.3 Å². The van der Waals surface area contributed by atoms with Crippen LogP contribution in [0.25, 0.3) is 0 Å². The third-order valence-electron chi connectivity index (χ3n) is 3.75. The maximum absolute atomic E-state index is 12.5. The van der Waals surface area contributed by atoms with Crippen LogP contribution in [0.4, 0.5) is 5.69 Å². The fourth-order valence-electron chi connectivity index (χ4n) is 2.64. The maximum Gasteiger partial charge on any atom is 0.256 e. The number of hydrogen-bond acceptors (Lipinski definition) is 4. The number of benzene rings is 2. The summed E-state index contributed by atoms with van der Waals surface area (Å²) in [6.07, 6.45) is 2.73. The zero-order chi connectivity index (χ0) is 16.7. The van der Waals surface area contributed by atoms with Gasteiger partial charge in [-0.05, 0) is 42.8 Å². The Bertz CT molecular complexity index is 952. The first-order valence-corrected chi connectivity index (χ1v) is 9.42. The number of amides is 1. The first-order chi connectivity index (χ1) is 11.6. The van der Waals surface area contributed by atoms with Gasteiger partial charge in [-0.15, -0.1) is 11.3 Å². The molecule has 1 aliphatic rings. The molecular formula is C18H13ClN2OS2. The lowest BCUT2D eigenvalue weighted by atomic mass is 10.1. The van der Waals surface area contributed by atoms with Gasteiger partial charge in [-0.2, -0.15) is 0 Å². The SMILES string of the molecule is Cc1ncc(Cc2ccc3c(c2)NC(=O)c2ccc(Cl)cc2S3)s1. The lowest BCUT2D eigenvalue weighted by Gasteiger charge is -2.08. The third-order valence-corrected chi connectivity index (χ3v) is 6.03. The fraction of sp³-hybridized carbons (Fsp3) is 0.111. The van der Waals surface area contributed by atoms with Gasteiger partial charge >= 0.3 is 0 Å². The van der Waals surface area contributed by atoms with Crippen LogP contribution in [-0.2, 0) is 6.42 Å². The maximum atomic E-state index is 12.5. The number of aryl methyl sites for hydroxylation is 1. The Morgan fingerprint density at radius 2 is 2.04 bits per heavy atom. The Morgan fingerprint density at radius 3 is 2.83 bits per heavy atom. The minimum atomic E-state index is -0.0984. The predicted molar refractivity (Wildman–Crippen MR) is 99.6 cm³/mol. The normalized spacial score (nSPS) is 13.0. The van der Waals surface area contributed by atoms with Crippen molar-refractivity contribution in [3.8, 4) is 0 Å². The van der Waals surface area contributed by atoms with E-state index >= 15 is 0 Å². The van der Waals surface area contributed by atoms with Crippen molar-refractivity contribution in [3.63, 3.8) is 0 Å². The highest BCUT2D eigenvalue weighted by Gasteiger charge is 2.20. The van der Waals surface area contributed by atoms with Gasteiger partial charge in [-0.3, -0.25) is 4.79 Å². The zero-order valence-electron chi connectivity index (χ0n) is 12.8. The summed E-state index contributed by atoms with van der Waals surface area (Å²) >= 11 is 9.33. The molecule has 4 rings (SSSR count). The van der Waals surface area contributed by atoms with Crippen LogP contribution in [-0.4, -0.2) is 10.9 Å². The third kappa shape index (κ3) is 3.07. The molecule has 0 saturated carbocycles. The smallest absolute Gasteiger partial charge is 0.256 e. The summed E-state index contributed by atoms with van der Waals surface area (Å²) < 4.78 is 0. The first-order valence-electron chi connectivity index (χ1n) is 7.41. The van der Waals surface area contributed by atoms with Crippen LogP contribution < -0.4 is 5.32 Å². The van der Waals surface area contributed by atoms with Crippen molar-refractivity contribution < 1.29 is 4.79 Å². The average Bonchev–Trinajstić information content (AvgIpc) is 2.88. The molecular weight excluding hydrogens is 360 g/mol. The van der Waals surface area contributed by atoms with Gasteiger partial charge in [0.1, 0.15) is 0 Å². The Balaban J connectivity index is 1.68. The lowest BCUT2D eigenvalue weighted by molar-refractivity contribution is 0.102. The molecule has 1 aromatic heterocycles. The lowest BCUT2D eigenvalue weighted by Crippen LogP contribution is -2.11. The molecule has 120 valence electrons. The zero-order valence-corrected chi connectivity index (χ0v) is 15.2. The van der Waals surface area contributed by atoms with Crippen molar-refractivity contribution in [2.45, 2.75) is 23.1 Å². The second-order valence-corrected chi connectivity index (χ2v) is 8.39. The molecule has 0 spiro atoms. The van der Waals surface area contributed by atoms with Gasteiger partial charge < -0.3 is 5.32 Å². The van der Waals surface area contributed by atoms with E-state index in [4.69, 9.17) is 11.6 Å². The van der Waals surface area contributed by atoms with Crippen LogP contribution in [0.5, 0.6) is 0 Å². The van der Waals surface area contributed by atoms with Gasteiger partial charge in [0.05, 0.1) is 16.3 Å². The molecule has 0 bridgehead atoms. The van der Waals surface area contributed by atoms with Gasteiger partial charge in [-0.25, -0.2) is 4.98 Å². The molecule has 24 heavy (non-hydrogen) atoms. The van der Waals surface area contributed by atoms with E-state index in [-0.39, 0.29) is 5.91 Å². The number of carbonyl (C=O) groups is 1. The van der Waals surface area contributed by atoms with Gasteiger partial charge in [0.25, 0.3) is 5.91 Å². The molecule has 6 heteroatoms. The second kappa shape index (κ2) is 6.24. The molecule has 0 unspecified atom stereocenters. The van der Waals surface area contributed by atoms with Gasteiger partial charge in [-0.1, -0.05) is 29.4 Å². The van der Waals surface area contributed by atoms with E-state index in [1.54, 1.807) is 35.2 Å². The topological polar surface area (TPSA) is 42.0 Å². The second-order valence-electron chi connectivity index (χ2n) is 5.55. The molecule has 0 saturated heterocycles. The van der Waals surface area contributed by atoms with E-state index in [0.717, 1.165) is 32.5 Å². The van der Waals surface area contributed by atoms with Crippen LogP contribution in [0.1, 0.15) is 25.8 Å². The molecule has 2 heterocycles. The van der Waals surface area contributed by atoms with Crippen molar-refractivity contribution in [2.75, 3.05) is 5.32 Å². The van der Waals surface area contributed by atoms with Crippen LogP contribution >= 0.6 is 34.7 Å². The van der Waals surface area contributed by atoms with Gasteiger partial charge in [0, 0.05) is 32.3 Å². The summed E-state index contributed by atoms with van der Waals surface area (Å²) in [6, 6.07) is 11.6. The molecule has 0 aliphatic carbocycles. The Morgan fingerprint density at radius 1 is 1.17 bits per heavy atom. The summed E-state index contributed by atoms with van der Waals surface area (Å²) in [7, 11) is 0. The van der Waals surface area contributed by atoms with Gasteiger partial charge in [0.2, 0.25) is 0 Å². The number of thiazole rings is 1. The van der Waals surface area contributed by atoms with E-state index in [1.165, 1.54) is 4.88 Å². The largest absolute Gasteiger partial charge is 0.321 e. The van der Waals surface area contributed by atoms with Crippen molar-refractivity contribution in [3.05, 3.63) is 68.6 Å². The number of carbonyl (C=O) groups excluding carboxylic acids is 1. The van der Waals surface area contributed by atoms with Crippen LogP contribution in [0, 0.1) is 6.92 Å². The van der Waals surface area contributed by atoms with E-state index in [9.17, 15) is 4.79 Å². The summed E-state index contributed by atoms with van der Waals surface area (Å²) in [6.45, 7) is 2.00. The number of nitrogens with one attached hydrogen (secondary N) is 1. The molecule has 3 aromatic rings. The van der Waals surface area contributed by atoms with E-state index < -0.39 is 0 Å². The first kappa shape index (κ1) is 15.7. The molecule has 1 N–H and O–H groups in total. The average molecular weight is 373 g/mol. The summed E-state index contributed by atoms with van der Waals surface area (Å²) in [4.78, 5) is 19.9. The van der Waals surface area contributed by atoms with Crippen LogP contribution in [0.2, 0.25) is 5.02 Å². The predicted octanol–water partition coefficient (Wildman–Crippen LogP) is 5.41. The fourth-order valence-corrected chi connectivity index (χ4v) is 4.75. The number of rotatable bonds is 2.